The summed E-state index contributed by atoms with van der Waals surface area (Å²) >= 11 is 6.36. The predicted molar refractivity (Wildman–Crippen MR) is 79.5 cm³/mol. The molecule has 1 heterocycles. The molecule has 1 aromatic carbocycles. The van der Waals surface area contributed by atoms with Crippen molar-refractivity contribution in [1.29, 1.82) is 0 Å². The zero-order chi connectivity index (χ0) is 13.8. The lowest BCUT2D eigenvalue weighted by Crippen LogP contribution is -2.22. The van der Waals surface area contributed by atoms with E-state index in [1.54, 1.807) is 6.26 Å². The molecule has 1 atom stereocenters. The molecule has 0 bridgehead atoms. The minimum atomic E-state index is -0.00768. The van der Waals surface area contributed by atoms with Crippen molar-refractivity contribution >= 4 is 17.3 Å². The normalized spacial score (nSPS) is 12.4. The summed E-state index contributed by atoms with van der Waals surface area (Å²) in [6.07, 6.45) is 1.68. The number of furan rings is 1. The van der Waals surface area contributed by atoms with Crippen molar-refractivity contribution in [1.82, 2.24) is 0 Å². The third-order valence-corrected chi connectivity index (χ3v) is 3.45. The first-order chi connectivity index (χ1) is 9.11. The second-order valence-corrected chi connectivity index (χ2v) is 5.00. The molecule has 0 unspecified atom stereocenters. The highest BCUT2D eigenvalue weighted by Gasteiger charge is 2.12. The number of hydrogen-bond donors (Lipinski definition) is 1. The van der Waals surface area contributed by atoms with Gasteiger partial charge in [-0.1, -0.05) is 17.7 Å². The summed E-state index contributed by atoms with van der Waals surface area (Å²) in [5.74, 6) is 0.925. The van der Waals surface area contributed by atoms with Crippen molar-refractivity contribution in [3.63, 3.8) is 0 Å². The second kappa shape index (κ2) is 6.13. The van der Waals surface area contributed by atoms with Gasteiger partial charge in [0.1, 0.15) is 5.76 Å². The van der Waals surface area contributed by atoms with E-state index < -0.39 is 0 Å². The van der Waals surface area contributed by atoms with Crippen LogP contribution in [-0.2, 0) is 6.54 Å². The first-order valence-corrected chi connectivity index (χ1v) is 6.82. The minimum absolute atomic E-state index is 0.00768. The van der Waals surface area contributed by atoms with Gasteiger partial charge in [-0.3, -0.25) is 0 Å². The minimum Gasteiger partial charge on any atom is -0.467 e. The van der Waals surface area contributed by atoms with Crippen LogP contribution >= 0.6 is 11.6 Å². The Kier molecular flexibility index (Phi) is 4.51. The molecular formula is C15H19ClN2O. The lowest BCUT2D eigenvalue weighted by molar-refractivity contribution is 0.503. The SMILES string of the molecule is CCN(Cc1ccco1)c1ccc([C@@H](C)N)cc1Cl. The molecule has 0 saturated heterocycles. The summed E-state index contributed by atoms with van der Waals surface area (Å²) in [4.78, 5) is 2.17. The van der Waals surface area contributed by atoms with E-state index in [2.05, 4.69) is 11.8 Å². The lowest BCUT2D eigenvalue weighted by atomic mass is 10.1. The Morgan fingerprint density at radius 1 is 1.37 bits per heavy atom. The van der Waals surface area contributed by atoms with Gasteiger partial charge >= 0.3 is 0 Å². The molecule has 0 aliphatic heterocycles. The summed E-state index contributed by atoms with van der Waals surface area (Å²) < 4.78 is 5.38. The molecule has 2 aromatic rings. The highest BCUT2D eigenvalue weighted by atomic mass is 35.5. The Hall–Kier alpha value is -1.45. The van der Waals surface area contributed by atoms with Gasteiger partial charge in [-0.15, -0.1) is 0 Å². The van der Waals surface area contributed by atoms with E-state index in [-0.39, 0.29) is 6.04 Å². The van der Waals surface area contributed by atoms with Gasteiger partial charge < -0.3 is 15.1 Å². The molecule has 0 radical (unpaired) electrons. The first kappa shape index (κ1) is 14.0. The number of nitrogens with zero attached hydrogens (tertiary/aromatic N) is 1. The Morgan fingerprint density at radius 3 is 2.68 bits per heavy atom. The Balaban J connectivity index is 2.23. The van der Waals surface area contributed by atoms with E-state index >= 15 is 0 Å². The van der Waals surface area contributed by atoms with Crippen molar-refractivity contribution in [2.45, 2.75) is 26.4 Å². The maximum absolute atomic E-state index is 6.36. The molecular weight excluding hydrogens is 260 g/mol. The van der Waals surface area contributed by atoms with E-state index in [1.807, 2.05) is 37.3 Å². The van der Waals surface area contributed by atoms with Crippen LogP contribution < -0.4 is 10.6 Å². The van der Waals surface area contributed by atoms with Crippen LogP contribution in [-0.4, -0.2) is 6.54 Å². The van der Waals surface area contributed by atoms with E-state index in [1.165, 1.54) is 0 Å². The van der Waals surface area contributed by atoms with Crippen LogP contribution in [0.1, 0.15) is 31.2 Å². The number of halogens is 1. The summed E-state index contributed by atoms with van der Waals surface area (Å²) in [6, 6.07) is 9.83. The molecule has 2 rings (SSSR count). The maximum atomic E-state index is 6.36. The van der Waals surface area contributed by atoms with Gasteiger partial charge in [0.25, 0.3) is 0 Å². The molecule has 2 N–H and O–H groups in total. The van der Waals surface area contributed by atoms with Crippen LogP contribution in [0.2, 0.25) is 5.02 Å². The smallest absolute Gasteiger partial charge is 0.123 e. The number of hydrogen-bond acceptors (Lipinski definition) is 3. The number of anilines is 1. The van der Waals surface area contributed by atoms with Gasteiger partial charge in [0, 0.05) is 12.6 Å². The third kappa shape index (κ3) is 3.31. The fourth-order valence-corrected chi connectivity index (χ4v) is 2.33. The van der Waals surface area contributed by atoms with Crippen LogP contribution in [0.25, 0.3) is 0 Å². The van der Waals surface area contributed by atoms with Crippen LogP contribution in [0, 0.1) is 0 Å². The largest absolute Gasteiger partial charge is 0.467 e. The van der Waals surface area contributed by atoms with Gasteiger partial charge in [0.2, 0.25) is 0 Å². The standard InChI is InChI=1S/C15H19ClN2O/c1-3-18(10-13-5-4-8-19-13)15-7-6-12(11(2)17)9-14(15)16/h4-9,11H,3,10,17H2,1-2H3/t11-/m1/s1. The predicted octanol–water partition coefficient (Wildman–Crippen LogP) is 3.98. The Labute approximate surface area is 119 Å². The lowest BCUT2D eigenvalue weighted by Gasteiger charge is -2.23. The van der Waals surface area contributed by atoms with Gasteiger partial charge in [0.15, 0.2) is 0 Å². The average molecular weight is 279 g/mol. The fourth-order valence-electron chi connectivity index (χ4n) is 2.02. The summed E-state index contributed by atoms with van der Waals surface area (Å²) in [6.45, 7) is 5.61. The zero-order valence-electron chi connectivity index (χ0n) is 11.3. The molecule has 0 aliphatic rings. The van der Waals surface area contributed by atoms with Gasteiger partial charge in [0.05, 0.1) is 23.5 Å². The summed E-state index contributed by atoms with van der Waals surface area (Å²) in [5.41, 5.74) is 7.91. The monoisotopic (exact) mass is 278 g/mol. The van der Waals surface area contributed by atoms with E-state index in [0.29, 0.717) is 6.54 Å². The van der Waals surface area contributed by atoms with Crippen LogP contribution in [0.15, 0.2) is 41.0 Å². The van der Waals surface area contributed by atoms with Crippen molar-refractivity contribution in [2.75, 3.05) is 11.4 Å². The molecule has 3 nitrogen and oxygen atoms in total. The zero-order valence-corrected chi connectivity index (χ0v) is 12.0. The number of nitrogens with two attached hydrogens (primary N) is 1. The highest BCUT2D eigenvalue weighted by molar-refractivity contribution is 6.33. The molecule has 0 spiro atoms. The van der Waals surface area contributed by atoms with Crippen molar-refractivity contribution < 1.29 is 4.42 Å². The highest BCUT2D eigenvalue weighted by Crippen LogP contribution is 2.29. The third-order valence-electron chi connectivity index (χ3n) is 3.15. The number of benzene rings is 1. The van der Waals surface area contributed by atoms with Gasteiger partial charge in [-0.25, -0.2) is 0 Å². The quantitative estimate of drug-likeness (QED) is 0.899. The summed E-state index contributed by atoms with van der Waals surface area (Å²) in [5, 5.41) is 0.725. The molecule has 0 aliphatic carbocycles. The Bertz CT molecular complexity index is 523. The Morgan fingerprint density at radius 2 is 2.16 bits per heavy atom. The molecule has 0 amide bonds. The summed E-state index contributed by atoms with van der Waals surface area (Å²) in [7, 11) is 0. The van der Waals surface area contributed by atoms with Crippen LogP contribution in [0.4, 0.5) is 5.69 Å². The van der Waals surface area contributed by atoms with Crippen molar-refractivity contribution in [3.8, 4) is 0 Å². The van der Waals surface area contributed by atoms with Gasteiger partial charge in [-0.05, 0) is 43.7 Å². The topological polar surface area (TPSA) is 42.4 Å². The molecule has 0 saturated carbocycles. The fraction of sp³-hybridized carbons (Fsp3) is 0.333. The van der Waals surface area contributed by atoms with Crippen molar-refractivity contribution in [2.24, 2.45) is 5.73 Å². The van der Waals surface area contributed by atoms with E-state index in [4.69, 9.17) is 21.8 Å². The van der Waals surface area contributed by atoms with E-state index in [0.717, 1.165) is 28.6 Å². The van der Waals surface area contributed by atoms with Crippen LogP contribution in [0.5, 0.6) is 0 Å². The van der Waals surface area contributed by atoms with E-state index in [9.17, 15) is 0 Å². The second-order valence-electron chi connectivity index (χ2n) is 4.59. The first-order valence-electron chi connectivity index (χ1n) is 6.44. The van der Waals surface area contributed by atoms with Crippen molar-refractivity contribution in [3.05, 3.63) is 52.9 Å². The molecule has 4 heteroatoms. The number of rotatable bonds is 5. The van der Waals surface area contributed by atoms with Crippen LogP contribution in [0.3, 0.4) is 0 Å². The molecule has 1 aromatic heterocycles. The molecule has 102 valence electrons. The molecule has 0 fully saturated rings. The maximum Gasteiger partial charge on any atom is 0.123 e. The molecule has 19 heavy (non-hydrogen) atoms. The average Bonchev–Trinajstić information content (AvgIpc) is 2.89. The van der Waals surface area contributed by atoms with Gasteiger partial charge in [-0.2, -0.15) is 0 Å².